The maximum Gasteiger partial charge on any atom is 0.245 e. The molecule has 0 aliphatic heterocycles. The van der Waals surface area contributed by atoms with Crippen LogP contribution in [-0.4, -0.2) is 34.8 Å². The number of hydrogen-bond acceptors (Lipinski definition) is 4. The summed E-state index contributed by atoms with van der Waals surface area (Å²) >= 11 is 1.43. The van der Waals surface area contributed by atoms with E-state index in [-0.39, 0.29) is 18.4 Å². The van der Waals surface area contributed by atoms with Gasteiger partial charge in [0.2, 0.25) is 11.8 Å². The SMILES string of the molecule is CCCCCN(CC(=O)Nc1ncc(C)s1)C(=O)CC. The van der Waals surface area contributed by atoms with Gasteiger partial charge in [-0.25, -0.2) is 4.98 Å². The Labute approximate surface area is 124 Å². The third-order valence-electron chi connectivity index (χ3n) is 2.89. The van der Waals surface area contributed by atoms with Gasteiger partial charge < -0.3 is 10.2 Å². The van der Waals surface area contributed by atoms with Gasteiger partial charge in [-0.2, -0.15) is 0 Å². The second-order valence-electron chi connectivity index (χ2n) is 4.70. The Morgan fingerprint density at radius 2 is 2.10 bits per heavy atom. The second kappa shape index (κ2) is 8.68. The first-order valence-corrected chi connectivity index (χ1v) is 7.88. The number of carbonyl (C=O) groups excluding carboxylic acids is 2. The smallest absolute Gasteiger partial charge is 0.245 e. The zero-order valence-corrected chi connectivity index (χ0v) is 13.3. The van der Waals surface area contributed by atoms with Crippen molar-refractivity contribution in [2.24, 2.45) is 0 Å². The Kier molecular flexibility index (Phi) is 7.22. The highest BCUT2D eigenvalue weighted by Crippen LogP contribution is 2.16. The van der Waals surface area contributed by atoms with Gasteiger partial charge in [0.15, 0.2) is 5.13 Å². The first-order valence-electron chi connectivity index (χ1n) is 7.06. The van der Waals surface area contributed by atoms with Crippen LogP contribution in [0.25, 0.3) is 0 Å². The molecule has 112 valence electrons. The molecule has 1 heterocycles. The number of nitrogens with zero attached hydrogens (tertiary/aromatic N) is 2. The fraction of sp³-hybridized carbons (Fsp3) is 0.643. The molecule has 0 fully saturated rings. The standard InChI is InChI=1S/C14H23N3O2S/c1-4-6-7-8-17(13(19)5-2)10-12(18)16-14-15-9-11(3)20-14/h9H,4-8,10H2,1-3H3,(H,15,16,18). The van der Waals surface area contributed by atoms with Crippen molar-refractivity contribution in [1.29, 1.82) is 0 Å². The number of thiazole rings is 1. The minimum atomic E-state index is -0.183. The molecule has 20 heavy (non-hydrogen) atoms. The lowest BCUT2D eigenvalue weighted by Crippen LogP contribution is -2.38. The van der Waals surface area contributed by atoms with E-state index >= 15 is 0 Å². The average Bonchev–Trinajstić information content (AvgIpc) is 2.82. The van der Waals surface area contributed by atoms with Crippen molar-refractivity contribution < 1.29 is 9.59 Å². The van der Waals surface area contributed by atoms with Gasteiger partial charge in [-0.15, -0.1) is 11.3 Å². The summed E-state index contributed by atoms with van der Waals surface area (Å²) in [7, 11) is 0. The number of aromatic nitrogens is 1. The summed E-state index contributed by atoms with van der Waals surface area (Å²) in [6, 6.07) is 0. The largest absolute Gasteiger partial charge is 0.333 e. The Morgan fingerprint density at radius 1 is 1.35 bits per heavy atom. The molecule has 0 bridgehead atoms. The van der Waals surface area contributed by atoms with Gasteiger partial charge in [-0.05, 0) is 13.3 Å². The van der Waals surface area contributed by atoms with Crippen LogP contribution in [0.5, 0.6) is 0 Å². The maximum atomic E-state index is 11.9. The van der Waals surface area contributed by atoms with Gasteiger partial charge in [0, 0.05) is 24.0 Å². The quantitative estimate of drug-likeness (QED) is 0.750. The van der Waals surface area contributed by atoms with Crippen LogP contribution < -0.4 is 5.32 Å². The maximum absolute atomic E-state index is 11.9. The van der Waals surface area contributed by atoms with E-state index in [0.717, 1.165) is 24.1 Å². The number of hydrogen-bond donors (Lipinski definition) is 1. The predicted octanol–water partition coefficient (Wildman–Crippen LogP) is 2.82. The van der Waals surface area contributed by atoms with Crippen LogP contribution in [0.4, 0.5) is 5.13 Å². The van der Waals surface area contributed by atoms with Crippen LogP contribution in [0.15, 0.2) is 6.20 Å². The molecule has 0 aliphatic carbocycles. The molecule has 0 spiro atoms. The topological polar surface area (TPSA) is 62.3 Å². The molecule has 2 amide bonds. The van der Waals surface area contributed by atoms with E-state index in [4.69, 9.17) is 0 Å². The van der Waals surface area contributed by atoms with Crippen molar-refractivity contribution in [2.45, 2.75) is 46.5 Å². The van der Waals surface area contributed by atoms with Gasteiger partial charge >= 0.3 is 0 Å². The van der Waals surface area contributed by atoms with Crippen molar-refractivity contribution in [2.75, 3.05) is 18.4 Å². The molecule has 0 atom stereocenters. The van der Waals surface area contributed by atoms with Gasteiger partial charge in [0.05, 0.1) is 6.54 Å². The van der Waals surface area contributed by atoms with Crippen LogP contribution >= 0.6 is 11.3 Å². The van der Waals surface area contributed by atoms with E-state index < -0.39 is 0 Å². The highest BCUT2D eigenvalue weighted by Gasteiger charge is 2.16. The summed E-state index contributed by atoms with van der Waals surface area (Å²) in [6.07, 6.45) is 5.25. The molecular formula is C14H23N3O2S. The molecular weight excluding hydrogens is 274 g/mol. The van der Waals surface area contributed by atoms with E-state index in [9.17, 15) is 9.59 Å². The van der Waals surface area contributed by atoms with Gasteiger partial charge in [0.25, 0.3) is 0 Å². The van der Waals surface area contributed by atoms with Crippen LogP contribution in [-0.2, 0) is 9.59 Å². The number of aryl methyl sites for hydroxylation is 1. The average molecular weight is 297 g/mol. The lowest BCUT2D eigenvalue weighted by atomic mass is 10.2. The number of anilines is 1. The lowest BCUT2D eigenvalue weighted by molar-refractivity contribution is -0.134. The summed E-state index contributed by atoms with van der Waals surface area (Å²) in [4.78, 5) is 30.5. The molecule has 0 saturated carbocycles. The molecule has 0 saturated heterocycles. The summed E-state index contributed by atoms with van der Waals surface area (Å²) in [5.41, 5.74) is 0. The molecule has 0 radical (unpaired) electrons. The number of nitrogens with one attached hydrogen (secondary N) is 1. The van der Waals surface area contributed by atoms with Crippen molar-refractivity contribution in [1.82, 2.24) is 9.88 Å². The van der Waals surface area contributed by atoms with E-state index in [1.807, 2.05) is 13.8 Å². The molecule has 6 heteroatoms. The Morgan fingerprint density at radius 3 is 2.65 bits per heavy atom. The van der Waals surface area contributed by atoms with Crippen LogP contribution in [0.1, 0.15) is 44.4 Å². The Hall–Kier alpha value is -1.43. The zero-order valence-electron chi connectivity index (χ0n) is 12.4. The molecule has 1 aromatic rings. The van der Waals surface area contributed by atoms with Crippen molar-refractivity contribution in [3.8, 4) is 0 Å². The third-order valence-corrected chi connectivity index (χ3v) is 3.72. The first-order chi connectivity index (χ1) is 9.56. The normalized spacial score (nSPS) is 10.3. The molecule has 0 unspecified atom stereocenters. The molecule has 1 N–H and O–H groups in total. The molecule has 0 aliphatic rings. The predicted molar refractivity (Wildman–Crippen MR) is 81.9 cm³/mol. The fourth-order valence-electron chi connectivity index (χ4n) is 1.81. The molecule has 5 nitrogen and oxygen atoms in total. The lowest BCUT2D eigenvalue weighted by Gasteiger charge is -2.21. The van der Waals surface area contributed by atoms with Crippen LogP contribution in [0.3, 0.4) is 0 Å². The number of rotatable bonds is 8. The second-order valence-corrected chi connectivity index (χ2v) is 5.93. The van der Waals surface area contributed by atoms with Gasteiger partial charge in [0.1, 0.15) is 0 Å². The van der Waals surface area contributed by atoms with Gasteiger partial charge in [-0.1, -0.05) is 26.7 Å². The number of carbonyl (C=O) groups is 2. The first kappa shape index (κ1) is 16.6. The van der Waals surface area contributed by atoms with Crippen LogP contribution in [0.2, 0.25) is 0 Å². The highest BCUT2D eigenvalue weighted by atomic mass is 32.1. The van der Waals surface area contributed by atoms with E-state index in [0.29, 0.717) is 18.1 Å². The van der Waals surface area contributed by atoms with Crippen molar-refractivity contribution in [3.63, 3.8) is 0 Å². The highest BCUT2D eigenvalue weighted by molar-refractivity contribution is 7.15. The number of amides is 2. The zero-order chi connectivity index (χ0) is 15.0. The van der Waals surface area contributed by atoms with Crippen LogP contribution in [0, 0.1) is 6.92 Å². The summed E-state index contributed by atoms with van der Waals surface area (Å²) in [6.45, 7) is 6.62. The summed E-state index contributed by atoms with van der Waals surface area (Å²) in [5, 5.41) is 3.33. The molecule has 1 aromatic heterocycles. The third kappa shape index (κ3) is 5.69. The minimum Gasteiger partial charge on any atom is -0.333 e. The Bertz CT molecular complexity index is 445. The minimum absolute atomic E-state index is 0.0200. The Balaban J connectivity index is 2.50. The van der Waals surface area contributed by atoms with Gasteiger partial charge in [-0.3, -0.25) is 9.59 Å². The molecule has 1 rings (SSSR count). The van der Waals surface area contributed by atoms with E-state index in [2.05, 4.69) is 17.2 Å². The number of unbranched alkanes of at least 4 members (excludes halogenated alkanes) is 2. The van der Waals surface area contributed by atoms with E-state index in [1.54, 1.807) is 11.1 Å². The van der Waals surface area contributed by atoms with Crippen molar-refractivity contribution >= 4 is 28.3 Å². The van der Waals surface area contributed by atoms with E-state index in [1.165, 1.54) is 11.3 Å². The molecule has 0 aromatic carbocycles. The fourth-order valence-corrected chi connectivity index (χ4v) is 2.49. The summed E-state index contributed by atoms with van der Waals surface area (Å²) < 4.78 is 0. The monoisotopic (exact) mass is 297 g/mol. The van der Waals surface area contributed by atoms with Crippen molar-refractivity contribution in [3.05, 3.63) is 11.1 Å². The summed E-state index contributed by atoms with van der Waals surface area (Å²) in [5.74, 6) is -0.163.